The monoisotopic (exact) mass is 317 g/mol. The molecule has 1 amide bonds. The highest BCUT2D eigenvalue weighted by atomic mass is 79.9. The lowest BCUT2D eigenvalue weighted by Crippen LogP contribution is -2.52. The first-order chi connectivity index (χ1) is 8.56. The van der Waals surface area contributed by atoms with E-state index in [4.69, 9.17) is 5.11 Å². The number of piperidine rings is 1. The van der Waals surface area contributed by atoms with Crippen LogP contribution in [0.3, 0.4) is 0 Å². The second-order valence-corrected chi connectivity index (χ2v) is 5.06. The molecule has 18 heavy (non-hydrogen) atoms. The first kappa shape index (κ1) is 13.1. The van der Waals surface area contributed by atoms with Crippen molar-refractivity contribution in [1.82, 2.24) is 10.3 Å². The Balaban J connectivity index is 1.99. The van der Waals surface area contributed by atoms with E-state index in [-0.39, 0.29) is 6.54 Å². The van der Waals surface area contributed by atoms with E-state index in [1.165, 1.54) is 0 Å². The molecule has 2 rings (SSSR count). The Morgan fingerprint density at radius 1 is 1.61 bits per heavy atom. The second kappa shape index (κ2) is 5.51. The molecule has 1 aromatic heterocycles. The van der Waals surface area contributed by atoms with Gasteiger partial charge in [-0.1, -0.05) is 0 Å². The first-order valence-electron chi connectivity index (χ1n) is 5.56. The maximum atomic E-state index is 13.8. The summed E-state index contributed by atoms with van der Waals surface area (Å²) in [5.74, 6) is 0.703. The molecule has 0 radical (unpaired) electrons. The van der Waals surface area contributed by atoms with Gasteiger partial charge in [0.1, 0.15) is 12.0 Å². The van der Waals surface area contributed by atoms with Crippen molar-refractivity contribution >= 4 is 27.8 Å². The van der Waals surface area contributed by atoms with Crippen molar-refractivity contribution in [3.05, 3.63) is 22.8 Å². The van der Waals surface area contributed by atoms with Crippen LogP contribution in [0.2, 0.25) is 0 Å². The molecule has 0 spiro atoms. The number of hydrogen-bond donors (Lipinski definition) is 2. The van der Waals surface area contributed by atoms with Gasteiger partial charge in [0.2, 0.25) is 0 Å². The van der Waals surface area contributed by atoms with Gasteiger partial charge in [-0.2, -0.15) is 0 Å². The summed E-state index contributed by atoms with van der Waals surface area (Å²) < 4.78 is 14.7. The summed E-state index contributed by atoms with van der Waals surface area (Å²) in [4.78, 5) is 16.5. The molecule has 7 heteroatoms. The lowest BCUT2D eigenvalue weighted by molar-refractivity contribution is 0.168. The zero-order chi connectivity index (χ0) is 13.1. The zero-order valence-corrected chi connectivity index (χ0v) is 11.1. The molecule has 2 N–H and O–H groups in total. The number of aromatic nitrogens is 1. The second-order valence-electron chi connectivity index (χ2n) is 4.14. The summed E-state index contributed by atoms with van der Waals surface area (Å²) in [6.45, 7) is 0.736. The molecule has 0 aromatic carbocycles. The summed E-state index contributed by atoms with van der Waals surface area (Å²) in [5, 5.41) is 10.8. The molecule has 0 saturated carbocycles. The number of nitrogens with one attached hydrogen (secondary N) is 1. The topological polar surface area (TPSA) is 65.5 Å². The summed E-state index contributed by atoms with van der Waals surface area (Å²) in [5.41, 5.74) is 0. The van der Waals surface area contributed by atoms with Crippen LogP contribution in [0.25, 0.3) is 0 Å². The van der Waals surface area contributed by atoms with Crippen molar-refractivity contribution in [3.8, 4) is 0 Å². The molecule has 5 nitrogen and oxygen atoms in total. The van der Waals surface area contributed by atoms with Crippen LogP contribution in [0.1, 0.15) is 6.42 Å². The third-order valence-corrected chi connectivity index (χ3v) is 3.36. The van der Waals surface area contributed by atoms with E-state index >= 15 is 0 Å². The van der Waals surface area contributed by atoms with Gasteiger partial charge in [-0.3, -0.25) is 0 Å². The van der Waals surface area contributed by atoms with Crippen LogP contribution < -0.4 is 10.2 Å². The standard InChI is InChI=1S/C11H13BrFN3O2/c12-7-1-2-10(14-5-7)16-4-3-9(8(13)6-16)15-11(17)18/h1-2,5,8-9,15H,3-4,6H2,(H,17,18)/t8-,9+/m0/s1. The molecule has 1 aliphatic heterocycles. The van der Waals surface area contributed by atoms with Crippen molar-refractivity contribution in [2.24, 2.45) is 0 Å². The molecule has 1 fully saturated rings. The summed E-state index contributed by atoms with van der Waals surface area (Å²) in [7, 11) is 0. The molecule has 1 aliphatic rings. The highest BCUT2D eigenvalue weighted by Gasteiger charge is 2.30. The number of alkyl halides is 1. The summed E-state index contributed by atoms with van der Waals surface area (Å²) >= 11 is 3.29. The Labute approximate surface area is 112 Å². The van der Waals surface area contributed by atoms with E-state index in [0.29, 0.717) is 18.8 Å². The zero-order valence-electron chi connectivity index (χ0n) is 9.51. The number of pyridine rings is 1. The number of carboxylic acid groups (broad SMARTS) is 1. The molecule has 2 atom stereocenters. The lowest BCUT2D eigenvalue weighted by Gasteiger charge is -2.35. The number of carbonyl (C=O) groups is 1. The average Bonchev–Trinajstić information content (AvgIpc) is 2.32. The first-order valence-corrected chi connectivity index (χ1v) is 6.35. The van der Waals surface area contributed by atoms with Crippen LogP contribution in [0.5, 0.6) is 0 Å². The summed E-state index contributed by atoms with van der Waals surface area (Å²) in [6.07, 6.45) is -0.312. The minimum atomic E-state index is -1.22. The van der Waals surface area contributed by atoms with Crippen molar-refractivity contribution in [2.75, 3.05) is 18.0 Å². The Kier molecular flexibility index (Phi) is 4.00. The van der Waals surface area contributed by atoms with Crippen LogP contribution in [0.4, 0.5) is 15.0 Å². The fourth-order valence-electron chi connectivity index (χ4n) is 1.99. The average molecular weight is 318 g/mol. The highest BCUT2D eigenvalue weighted by molar-refractivity contribution is 9.10. The molecule has 2 heterocycles. The van der Waals surface area contributed by atoms with Gasteiger partial charge < -0.3 is 15.3 Å². The van der Waals surface area contributed by atoms with Gasteiger partial charge in [-0.05, 0) is 34.5 Å². The predicted octanol–water partition coefficient (Wildman–Crippen LogP) is 2.03. The van der Waals surface area contributed by atoms with Crippen LogP contribution in [-0.2, 0) is 0 Å². The minimum absolute atomic E-state index is 0.152. The molecule has 0 unspecified atom stereocenters. The lowest BCUT2D eigenvalue weighted by atomic mass is 10.0. The van der Waals surface area contributed by atoms with Gasteiger partial charge in [0.05, 0.1) is 12.6 Å². The molecule has 0 aliphatic carbocycles. The van der Waals surface area contributed by atoms with Gasteiger partial charge >= 0.3 is 6.09 Å². The van der Waals surface area contributed by atoms with Crippen LogP contribution in [0.15, 0.2) is 22.8 Å². The van der Waals surface area contributed by atoms with Gasteiger partial charge in [-0.25, -0.2) is 14.2 Å². The van der Waals surface area contributed by atoms with Crippen molar-refractivity contribution < 1.29 is 14.3 Å². The minimum Gasteiger partial charge on any atom is -0.465 e. The molecule has 98 valence electrons. The number of nitrogens with zero attached hydrogens (tertiary/aromatic N) is 2. The number of halogens is 2. The molecule has 1 aromatic rings. The third-order valence-electron chi connectivity index (χ3n) is 2.89. The maximum absolute atomic E-state index is 13.8. The third kappa shape index (κ3) is 3.10. The van der Waals surface area contributed by atoms with Gasteiger partial charge in [0.15, 0.2) is 0 Å². The van der Waals surface area contributed by atoms with Gasteiger partial charge in [0, 0.05) is 17.2 Å². The van der Waals surface area contributed by atoms with E-state index in [1.807, 2.05) is 17.0 Å². The smallest absolute Gasteiger partial charge is 0.404 e. The normalized spacial score (nSPS) is 23.8. The van der Waals surface area contributed by atoms with Gasteiger partial charge in [-0.15, -0.1) is 0 Å². The van der Waals surface area contributed by atoms with Crippen molar-refractivity contribution in [2.45, 2.75) is 18.6 Å². The van der Waals surface area contributed by atoms with E-state index in [9.17, 15) is 9.18 Å². The number of amides is 1. The number of hydrogen-bond acceptors (Lipinski definition) is 3. The summed E-state index contributed by atoms with van der Waals surface area (Å²) in [6, 6.07) is 3.02. The Hall–Kier alpha value is -1.37. The highest BCUT2D eigenvalue weighted by Crippen LogP contribution is 2.21. The molecule has 1 saturated heterocycles. The van der Waals surface area contributed by atoms with Crippen LogP contribution >= 0.6 is 15.9 Å². The number of anilines is 1. The SMILES string of the molecule is O=C(O)N[C@@H]1CCN(c2ccc(Br)cn2)C[C@@H]1F. The Morgan fingerprint density at radius 2 is 2.39 bits per heavy atom. The predicted molar refractivity (Wildman–Crippen MR) is 68.6 cm³/mol. The van der Waals surface area contributed by atoms with Crippen molar-refractivity contribution in [3.63, 3.8) is 0 Å². The molecular formula is C11H13BrFN3O2. The van der Waals surface area contributed by atoms with Crippen LogP contribution in [-0.4, -0.2) is 41.5 Å². The largest absolute Gasteiger partial charge is 0.465 e. The fraction of sp³-hybridized carbons (Fsp3) is 0.455. The fourth-order valence-corrected chi connectivity index (χ4v) is 2.22. The molecule has 0 bridgehead atoms. The Bertz CT molecular complexity index is 429. The van der Waals surface area contributed by atoms with Gasteiger partial charge in [0.25, 0.3) is 0 Å². The van der Waals surface area contributed by atoms with Crippen molar-refractivity contribution in [1.29, 1.82) is 0 Å². The van der Waals surface area contributed by atoms with E-state index in [0.717, 1.165) is 4.47 Å². The quantitative estimate of drug-likeness (QED) is 0.876. The van der Waals surface area contributed by atoms with E-state index in [1.54, 1.807) is 6.20 Å². The van der Waals surface area contributed by atoms with E-state index < -0.39 is 18.3 Å². The Morgan fingerprint density at radius 3 is 2.94 bits per heavy atom. The maximum Gasteiger partial charge on any atom is 0.404 e. The van der Waals surface area contributed by atoms with Crippen LogP contribution in [0, 0.1) is 0 Å². The molecular weight excluding hydrogens is 305 g/mol. The number of rotatable bonds is 2. The van der Waals surface area contributed by atoms with E-state index in [2.05, 4.69) is 26.2 Å².